The monoisotopic (exact) mass is 181 g/mol. The number of hydrogen-bond acceptors (Lipinski definition) is 1. The summed E-state index contributed by atoms with van der Waals surface area (Å²) in [7, 11) is 2.09. The van der Waals surface area contributed by atoms with Crippen LogP contribution in [0.25, 0.3) is 0 Å². The van der Waals surface area contributed by atoms with Gasteiger partial charge in [0.15, 0.2) is 0 Å². The fourth-order valence-electron chi connectivity index (χ4n) is 1.93. The highest BCUT2D eigenvalue weighted by Gasteiger charge is 2.20. The molecule has 76 valence electrons. The first-order chi connectivity index (χ1) is 6.22. The summed E-state index contributed by atoms with van der Waals surface area (Å²) in [6.45, 7) is 6.07. The van der Waals surface area contributed by atoms with Crippen LogP contribution in [0.2, 0.25) is 0 Å². The molecule has 1 N–H and O–H groups in total. The van der Waals surface area contributed by atoms with Crippen LogP contribution in [0.1, 0.15) is 45.4 Å². The molecule has 1 atom stereocenters. The standard InChI is InChI=1S/C12H23N/c1-10(2)7-8-12(13-3)9-11-5-4-6-11/h11-13H,1,4-9H2,2-3H3. The summed E-state index contributed by atoms with van der Waals surface area (Å²) in [5.41, 5.74) is 1.31. The first-order valence-electron chi connectivity index (χ1n) is 5.54. The number of hydrogen-bond donors (Lipinski definition) is 1. The third-order valence-corrected chi connectivity index (χ3v) is 3.17. The molecule has 0 aromatic rings. The minimum atomic E-state index is 0.724. The van der Waals surface area contributed by atoms with E-state index in [4.69, 9.17) is 0 Å². The maximum Gasteiger partial charge on any atom is 0.00697 e. The van der Waals surface area contributed by atoms with Crippen molar-refractivity contribution in [1.29, 1.82) is 0 Å². The second-order valence-electron chi connectivity index (χ2n) is 4.51. The van der Waals surface area contributed by atoms with Crippen molar-refractivity contribution in [3.8, 4) is 0 Å². The first kappa shape index (κ1) is 10.8. The van der Waals surface area contributed by atoms with Gasteiger partial charge in [-0.25, -0.2) is 0 Å². The van der Waals surface area contributed by atoms with Gasteiger partial charge in [-0.05, 0) is 39.2 Å². The largest absolute Gasteiger partial charge is 0.317 e. The van der Waals surface area contributed by atoms with Crippen molar-refractivity contribution in [2.45, 2.75) is 51.5 Å². The molecule has 1 fully saturated rings. The van der Waals surface area contributed by atoms with Gasteiger partial charge < -0.3 is 5.32 Å². The lowest BCUT2D eigenvalue weighted by Crippen LogP contribution is -2.30. The van der Waals surface area contributed by atoms with Gasteiger partial charge in [0.1, 0.15) is 0 Å². The molecule has 1 heteroatoms. The topological polar surface area (TPSA) is 12.0 Å². The maximum absolute atomic E-state index is 3.95. The average Bonchev–Trinajstić information content (AvgIpc) is 2.01. The second-order valence-corrected chi connectivity index (χ2v) is 4.51. The van der Waals surface area contributed by atoms with E-state index in [-0.39, 0.29) is 0 Å². The summed E-state index contributed by atoms with van der Waals surface area (Å²) in [5, 5.41) is 3.42. The molecule has 0 saturated heterocycles. The zero-order chi connectivity index (χ0) is 9.68. The molecule has 1 aliphatic carbocycles. The average molecular weight is 181 g/mol. The zero-order valence-electron chi connectivity index (χ0n) is 9.10. The molecule has 0 aliphatic heterocycles. The predicted octanol–water partition coefficient (Wildman–Crippen LogP) is 3.12. The van der Waals surface area contributed by atoms with E-state index >= 15 is 0 Å². The molecule has 0 spiro atoms. The Morgan fingerprint density at radius 1 is 1.54 bits per heavy atom. The molecule has 13 heavy (non-hydrogen) atoms. The molecule has 0 aromatic carbocycles. The fourth-order valence-corrected chi connectivity index (χ4v) is 1.93. The Morgan fingerprint density at radius 3 is 2.62 bits per heavy atom. The Morgan fingerprint density at radius 2 is 2.23 bits per heavy atom. The Kier molecular flexibility index (Phi) is 4.51. The smallest absolute Gasteiger partial charge is 0.00697 e. The van der Waals surface area contributed by atoms with Crippen LogP contribution in [0.3, 0.4) is 0 Å². The van der Waals surface area contributed by atoms with Crippen LogP contribution in [0.4, 0.5) is 0 Å². The quantitative estimate of drug-likeness (QED) is 0.621. The van der Waals surface area contributed by atoms with Crippen LogP contribution >= 0.6 is 0 Å². The minimum Gasteiger partial charge on any atom is -0.317 e. The highest BCUT2D eigenvalue weighted by molar-refractivity contribution is 4.89. The molecule has 1 saturated carbocycles. The van der Waals surface area contributed by atoms with Crippen LogP contribution in [-0.4, -0.2) is 13.1 Å². The van der Waals surface area contributed by atoms with Crippen LogP contribution in [0.5, 0.6) is 0 Å². The van der Waals surface area contributed by atoms with E-state index in [1.54, 1.807) is 0 Å². The van der Waals surface area contributed by atoms with E-state index in [0.29, 0.717) is 0 Å². The predicted molar refractivity (Wildman–Crippen MR) is 58.9 cm³/mol. The zero-order valence-corrected chi connectivity index (χ0v) is 9.10. The number of nitrogens with one attached hydrogen (secondary N) is 1. The molecule has 1 unspecified atom stereocenters. The van der Waals surface area contributed by atoms with Crippen molar-refractivity contribution in [1.82, 2.24) is 5.32 Å². The third-order valence-electron chi connectivity index (χ3n) is 3.17. The molecule has 0 heterocycles. The minimum absolute atomic E-state index is 0.724. The lowest BCUT2D eigenvalue weighted by molar-refractivity contribution is 0.259. The lowest BCUT2D eigenvalue weighted by Gasteiger charge is -2.29. The Labute approximate surface area is 82.6 Å². The lowest BCUT2D eigenvalue weighted by atomic mass is 9.80. The van der Waals surface area contributed by atoms with Gasteiger partial charge in [0, 0.05) is 6.04 Å². The Hall–Kier alpha value is -0.300. The molecule has 0 aromatic heterocycles. The molecule has 0 amide bonds. The molecule has 1 rings (SSSR count). The molecule has 0 radical (unpaired) electrons. The van der Waals surface area contributed by atoms with E-state index in [1.807, 2.05) is 0 Å². The fraction of sp³-hybridized carbons (Fsp3) is 0.833. The third kappa shape index (κ3) is 3.95. The summed E-state index contributed by atoms with van der Waals surface area (Å²) in [4.78, 5) is 0. The van der Waals surface area contributed by atoms with Gasteiger partial charge in [-0.1, -0.05) is 24.8 Å². The SMILES string of the molecule is C=C(C)CCC(CC1CCC1)NC. The van der Waals surface area contributed by atoms with Crippen molar-refractivity contribution in [2.75, 3.05) is 7.05 Å². The molecule has 0 bridgehead atoms. The Bertz CT molecular complexity index is 159. The summed E-state index contributed by atoms with van der Waals surface area (Å²) < 4.78 is 0. The molecule has 1 aliphatic rings. The number of allylic oxidation sites excluding steroid dienone is 1. The Balaban J connectivity index is 2.13. The van der Waals surface area contributed by atoms with E-state index < -0.39 is 0 Å². The summed E-state index contributed by atoms with van der Waals surface area (Å²) in [6.07, 6.45) is 8.21. The van der Waals surface area contributed by atoms with Crippen molar-refractivity contribution < 1.29 is 0 Å². The van der Waals surface area contributed by atoms with E-state index in [0.717, 1.165) is 12.0 Å². The normalized spacial score (nSPS) is 19.5. The summed E-state index contributed by atoms with van der Waals surface area (Å²) in [6, 6.07) is 0.724. The van der Waals surface area contributed by atoms with Gasteiger partial charge in [-0.15, -0.1) is 6.58 Å². The maximum atomic E-state index is 3.95. The first-order valence-corrected chi connectivity index (χ1v) is 5.54. The molecular weight excluding hydrogens is 158 g/mol. The van der Waals surface area contributed by atoms with Crippen LogP contribution in [-0.2, 0) is 0 Å². The van der Waals surface area contributed by atoms with Crippen molar-refractivity contribution in [3.05, 3.63) is 12.2 Å². The van der Waals surface area contributed by atoms with Gasteiger partial charge in [-0.3, -0.25) is 0 Å². The van der Waals surface area contributed by atoms with Gasteiger partial charge in [0.05, 0.1) is 0 Å². The van der Waals surface area contributed by atoms with Crippen LogP contribution in [0.15, 0.2) is 12.2 Å². The van der Waals surface area contributed by atoms with Gasteiger partial charge in [-0.2, -0.15) is 0 Å². The highest BCUT2D eigenvalue weighted by Crippen LogP contribution is 2.31. The van der Waals surface area contributed by atoms with Gasteiger partial charge >= 0.3 is 0 Å². The van der Waals surface area contributed by atoms with Crippen LogP contribution < -0.4 is 5.32 Å². The second kappa shape index (κ2) is 5.43. The summed E-state index contributed by atoms with van der Waals surface area (Å²) in [5.74, 6) is 1.02. The summed E-state index contributed by atoms with van der Waals surface area (Å²) >= 11 is 0. The number of rotatable bonds is 6. The molecular formula is C12H23N. The van der Waals surface area contributed by atoms with Gasteiger partial charge in [0.25, 0.3) is 0 Å². The highest BCUT2D eigenvalue weighted by atomic mass is 14.9. The van der Waals surface area contributed by atoms with Gasteiger partial charge in [0.2, 0.25) is 0 Å². The van der Waals surface area contributed by atoms with Crippen LogP contribution in [0, 0.1) is 5.92 Å². The van der Waals surface area contributed by atoms with E-state index in [2.05, 4.69) is 25.9 Å². The molecule has 1 nitrogen and oxygen atoms in total. The van der Waals surface area contributed by atoms with E-state index in [9.17, 15) is 0 Å². The van der Waals surface area contributed by atoms with E-state index in [1.165, 1.54) is 44.1 Å². The van der Waals surface area contributed by atoms with Crippen molar-refractivity contribution in [2.24, 2.45) is 5.92 Å². The van der Waals surface area contributed by atoms with Crippen molar-refractivity contribution >= 4 is 0 Å². The van der Waals surface area contributed by atoms with Crippen molar-refractivity contribution in [3.63, 3.8) is 0 Å².